The third kappa shape index (κ3) is 2.14. The second-order valence-electron chi connectivity index (χ2n) is 4.51. The van der Waals surface area contributed by atoms with Gasteiger partial charge in [-0.3, -0.25) is 9.48 Å². The van der Waals surface area contributed by atoms with Crippen molar-refractivity contribution in [2.75, 3.05) is 0 Å². The van der Waals surface area contributed by atoms with Gasteiger partial charge in [0.1, 0.15) is 5.78 Å². The maximum atomic E-state index is 11.2. The summed E-state index contributed by atoms with van der Waals surface area (Å²) in [6.07, 6.45) is 3.34. The zero-order chi connectivity index (χ0) is 11.7. The smallest absolute Gasteiger partial charge is 0.133 e. The van der Waals surface area contributed by atoms with Crippen molar-refractivity contribution in [3.8, 4) is 0 Å². The third-order valence-electron chi connectivity index (χ3n) is 3.28. The van der Waals surface area contributed by atoms with E-state index in [1.54, 1.807) is 0 Å². The molecular formula is C12H17ClN2O. The van der Waals surface area contributed by atoms with Crippen LogP contribution in [0.25, 0.3) is 0 Å². The molecule has 1 saturated carbocycles. The van der Waals surface area contributed by atoms with E-state index in [0.717, 1.165) is 42.2 Å². The number of carbonyl (C=O) groups is 1. The molecule has 1 heterocycles. The molecule has 0 saturated heterocycles. The highest BCUT2D eigenvalue weighted by Gasteiger charge is 2.25. The van der Waals surface area contributed by atoms with E-state index in [4.69, 9.17) is 11.6 Å². The molecule has 0 spiro atoms. The Labute approximate surface area is 101 Å². The number of carbonyl (C=O) groups excluding carboxylic acids is 1. The molecule has 88 valence electrons. The SMILES string of the molecule is CCn1nc(C)c(Cl)c1CC1CCC(=O)C1. The van der Waals surface area contributed by atoms with Crippen LogP contribution in [0.15, 0.2) is 0 Å². The van der Waals surface area contributed by atoms with Crippen LogP contribution >= 0.6 is 11.6 Å². The lowest BCUT2D eigenvalue weighted by Gasteiger charge is -2.10. The van der Waals surface area contributed by atoms with Crippen molar-refractivity contribution in [3.05, 3.63) is 16.4 Å². The van der Waals surface area contributed by atoms with Gasteiger partial charge >= 0.3 is 0 Å². The molecule has 0 radical (unpaired) electrons. The van der Waals surface area contributed by atoms with Crippen LogP contribution in [0.2, 0.25) is 5.02 Å². The van der Waals surface area contributed by atoms with Gasteiger partial charge in [-0.05, 0) is 32.6 Å². The lowest BCUT2D eigenvalue weighted by atomic mass is 10.0. The number of ketones is 1. The molecule has 1 aromatic heterocycles. The molecule has 3 nitrogen and oxygen atoms in total. The predicted molar refractivity (Wildman–Crippen MR) is 63.7 cm³/mol. The van der Waals surface area contributed by atoms with E-state index < -0.39 is 0 Å². The first-order valence-corrected chi connectivity index (χ1v) is 6.23. The molecular weight excluding hydrogens is 224 g/mol. The number of nitrogens with zero attached hydrogens (tertiary/aromatic N) is 2. The van der Waals surface area contributed by atoms with Crippen LogP contribution in [0, 0.1) is 12.8 Å². The first-order chi connectivity index (χ1) is 7.61. The molecule has 1 aliphatic carbocycles. The fourth-order valence-corrected chi connectivity index (χ4v) is 2.62. The molecule has 1 unspecified atom stereocenters. The number of halogens is 1. The molecule has 0 bridgehead atoms. The highest BCUT2D eigenvalue weighted by molar-refractivity contribution is 6.31. The molecule has 1 fully saturated rings. The highest BCUT2D eigenvalue weighted by atomic mass is 35.5. The Morgan fingerprint density at radius 1 is 1.56 bits per heavy atom. The van der Waals surface area contributed by atoms with Crippen LogP contribution in [0.4, 0.5) is 0 Å². The van der Waals surface area contributed by atoms with E-state index in [2.05, 4.69) is 12.0 Å². The fraction of sp³-hybridized carbons (Fsp3) is 0.667. The average Bonchev–Trinajstić information content (AvgIpc) is 2.77. The highest BCUT2D eigenvalue weighted by Crippen LogP contribution is 2.29. The van der Waals surface area contributed by atoms with Gasteiger partial charge in [0.2, 0.25) is 0 Å². The normalized spacial score (nSPS) is 20.7. The maximum absolute atomic E-state index is 11.2. The van der Waals surface area contributed by atoms with Gasteiger partial charge in [-0.1, -0.05) is 11.6 Å². The lowest BCUT2D eigenvalue weighted by Crippen LogP contribution is -2.08. The topological polar surface area (TPSA) is 34.9 Å². The number of hydrogen-bond acceptors (Lipinski definition) is 2. The van der Waals surface area contributed by atoms with Gasteiger partial charge in [-0.2, -0.15) is 5.10 Å². The number of rotatable bonds is 3. The van der Waals surface area contributed by atoms with E-state index in [1.165, 1.54) is 0 Å². The molecule has 1 atom stereocenters. The van der Waals surface area contributed by atoms with E-state index in [9.17, 15) is 4.79 Å². The summed E-state index contributed by atoms with van der Waals surface area (Å²) in [6.45, 7) is 4.83. The minimum atomic E-state index is 0.389. The van der Waals surface area contributed by atoms with Crippen molar-refractivity contribution < 1.29 is 4.79 Å². The largest absolute Gasteiger partial charge is 0.300 e. The standard InChI is InChI=1S/C12H17ClN2O/c1-3-15-11(12(13)8(2)14-15)7-9-4-5-10(16)6-9/h9H,3-7H2,1-2H3. The van der Waals surface area contributed by atoms with Gasteiger partial charge in [0, 0.05) is 19.4 Å². The summed E-state index contributed by atoms with van der Waals surface area (Å²) in [5, 5.41) is 5.17. The summed E-state index contributed by atoms with van der Waals surface area (Å²) in [5.74, 6) is 0.854. The molecule has 0 aliphatic heterocycles. The van der Waals surface area contributed by atoms with Crippen molar-refractivity contribution in [3.63, 3.8) is 0 Å². The number of aryl methyl sites for hydroxylation is 2. The summed E-state index contributed by atoms with van der Waals surface area (Å²) in [4.78, 5) is 11.2. The summed E-state index contributed by atoms with van der Waals surface area (Å²) in [7, 11) is 0. The third-order valence-corrected chi connectivity index (χ3v) is 3.77. The van der Waals surface area contributed by atoms with Gasteiger partial charge in [0.15, 0.2) is 0 Å². The van der Waals surface area contributed by atoms with Gasteiger partial charge in [-0.25, -0.2) is 0 Å². The number of aromatic nitrogens is 2. The van der Waals surface area contributed by atoms with Crippen molar-refractivity contribution >= 4 is 17.4 Å². The molecule has 0 aromatic carbocycles. The first kappa shape index (κ1) is 11.6. The second-order valence-corrected chi connectivity index (χ2v) is 4.89. The Hall–Kier alpha value is -0.830. The summed E-state index contributed by atoms with van der Waals surface area (Å²) >= 11 is 6.24. The van der Waals surface area contributed by atoms with E-state index in [-0.39, 0.29) is 0 Å². The first-order valence-electron chi connectivity index (χ1n) is 5.85. The molecule has 1 aliphatic rings. The number of Topliss-reactive ketones (excluding diaryl/α,β-unsaturated/α-hetero) is 1. The Bertz CT molecular complexity index is 411. The van der Waals surface area contributed by atoms with Crippen LogP contribution < -0.4 is 0 Å². The summed E-state index contributed by atoms with van der Waals surface area (Å²) in [5.41, 5.74) is 1.99. The Kier molecular flexibility index (Phi) is 3.33. The second kappa shape index (κ2) is 4.58. The quantitative estimate of drug-likeness (QED) is 0.814. The molecule has 1 aromatic rings. The molecule has 16 heavy (non-hydrogen) atoms. The van der Waals surface area contributed by atoms with E-state index >= 15 is 0 Å². The lowest BCUT2D eigenvalue weighted by molar-refractivity contribution is -0.117. The van der Waals surface area contributed by atoms with E-state index in [1.807, 2.05) is 11.6 Å². The monoisotopic (exact) mass is 240 g/mol. The van der Waals surface area contributed by atoms with Gasteiger partial charge in [-0.15, -0.1) is 0 Å². The Morgan fingerprint density at radius 2 is 2.31 bits per heavy atom. The van der Waals surface area contributed by atoms with Crippen LogP contribution in [0.5, 0.6) is 0 Å². The summed E-state index contributed by atoms with van der Waals surface area (Å²) in [6, 6.07) is 0. The fourth-order valence-electron chi connectivity index (χ4n) is 2.40. The van der Waals surface area contributed by atoms with Crippen LogP contribution in [-0.2, 0) is 17.8 Å². The van der Waals surface area contributed by atoms with Gasteiger partial charge in [0.25, 0.3) is 0 Å². The zero-order valence-electron chi connectivity index (χ0n) is 9.79. The Morgan fingerprint density at radius 3 is 2.88 bits per heavy atom. The van der Waals surface area contributed by atoms with Crippen LogP contribution in [0.1, 0.15) is 37.6 Å². The Balaban J connectivity index is 2.17. The minimum absolute atomic E-state index is 0.389. The number of hydrogen-bond donors (Lipinski definition) is 0. The van der Waals surface area contributed by atoms with Gasteiger partial charge < -0.3 is 0 Å². The zero-order valence-corrected chi connectivity index (χ0v) is 10.5. The maximum Gasteiger partial charge on any atom is 0.133 e. The van der Waals surface area contributed by atoms with Crippen molar-refractivity contribution in [1.82, 2.24) is 9.78 Å². The molecule has 0 N–H and O–H groups in total. The summed E-state index contributed by atoms with van der Waals surface area (Å²) < 4.78 is 1.96. The van der Waals surface area contributed by atoms with Crippen LogP contribution in [-0.4, -0.2) is 15.6 Å². The van der Waals surface area contributed by atoms with Crippen molar-refractivity contribution in [2.24, 2.45) is 5.92 Å². The molecule has 0 amide bonds. The van der Waals surface area contributed by atoms with Crippen molar-refractivity contribution in [2.45, 2.75) is 46.1 Å². The average molecular weight is 241 g/mol. The van der Waals surface area contributed by atoms with Crippen LogP contribution in [0.3, 0.4) is 0 Å². The van der Waals surface area contributed by atoms with Gasteiger partial charge in [0.05, 0.1) is 16.4 Å². The molecule has 2 rings (SSSR count). The van der Waals surface area contributed by atoms with E-state index in [0.29, 0.717) is 18.1 Å². The molecule has 4 heteroatoms. The van der Waals surface area contributed by atoms with Crippen molar-refractivity contribution in [1.29, 1.82) is 0 Å². The minimum Gasteiger partial charge on any atom is -0.300 e. The predicted octanol–water partition coefficient (Wildman–Crippen LogP) is 2.78.